The van der Waals surface area contributed by atoms with Crippen LogP contribution in [-0.2, 0) is 0 Å². The second-order valence-electron chi connectivity index (χ2n) is 4.63. The Kier molecular flexibility index (Phi) is 4.41. The maximum atomic E-state index is 5.79. The second-order valence-corrected chi connectivity index (χ2v) is 8.90. The van der Waals surface area contributed by atoms with Crippen LogP contribution in [0.25, 0.3) is 0 Å². The minimum absolute atomic E-state index is 0.317. The fourth-order valence-corrected chi connectivity index (χ4v) is 1.56. The van der Waals surface area contributed by atoms with E-state index in [1.807, 2.05) is 24.3 Å². The van der Waals surface area contributed by atoms with Crippen LogP contribution < -0.4 is 4.74 Å². The summed E-state index contributed by atoms with van der Waals surface area (Å²) in [5.74, 6) is 0.953. The molecule has 1 radical (unpaired) electrons. The fraction of sp³-hybridized carbons (Fsp3) is 0.500. The highest BCUT2D eigenvalue weighted by Gasteiger charge is 2.24. The van der Waals surface area contributed by atoms with Gasteiger partial charge in [-0.15, -0.1) is 0 Å². The molecule has 0 saturated heterocycles. The molecular weight excluding hydrogens is 268 g/mol. The van der Waals surface area contributed by atoms with Crippen molar-refractivity contribution in [3.05, 3.63) is 28.7 Å². The Labute approximate surface area is 103 Å². The quantitative estimate of drug-likeness (QED) is 0.747. The van der Waals surface area contributed by atoms with Crippen LogP contribution in [0, 0.1) is 0 Å². The number of benzene rings is 1. The first-order valence-corrected chi connectivity index (χ1v) is 8.40. The third-order valence-electron chi connectivity index (χ3n) is 2.77. The van der Waals surface area contributed by atoms with Gasteiger partial charge < -0.3 is 4.74 Å². The van der Waals surface area contributed by atoms with Crippen LogP contribution in [-0.4, -0.2) is 15.4 Å². The molecule has 0 spiro atoms. The molecule has 15 heavy (non-hydrogen) atoms. The van der Waals surface area contributed by atoms with Crippen molar-refractivity contribution in [1.29, 1.82) is 0 Å². The van der Waals surface area contributed by atoms with E-state index in [9.17, 15) is 0 Å². The highest BCUT2D eigenvalue weighted by atomic mass is 79.9. The molecule has 0 unspecified atom stereocenters. The normalized spacial score (nSPS) is 11.9. The molecule has 0 aromatic heterocycles. The number of rotatable bonds is 4. The van der Waals surface area contributed by atoms with Gasteiger partial charge in [0.05, 0.1) is 15.4 Å². The average Bonchev–Trinajstić information content (AvgIpc) is 2.17. The van der Waals surface area contributed by atoms with Gasteiger partial charge in [0.1, 0.15) is 5.75 Å². The SMILES string of the molecule is C[Si](C)C(C)(C)COc1ccc(Br)cc1. The van der Waals surface area contributed by atoms with Gasteiger partial charge in [-0.05, 0) is 29.3 Å². The molecular formula is C12H18BrOSi. The van der Waals surface area contributed by atoms with E-state index in [0.29, 0.717) is 5.04 Å². The molecule has 1 aromatic rings. The van der Waals surface area contributed by atoms with E-state index in [-0.39, 0.29) is 8.80 Å². The molecule has 0 aliphatic carbocycles. The maximum Gasteiger partial charge on any atom is 0.119 e. The summed E-state index contributed by atoms with van der Waals surface area (Å²) in [6.45, 7) is 10.0. The molecule has 0 bridgehead atoms. The number of ether oxygens (including phenoxy) is 1. The van der Waals surface area contributed by atoms with Gasteiger partial charge in [-0.1, -0.05) is 42.9 Å². The van der Waals surface area contributed by atoms with Crippen molar-refractivity contribution >= 4 is 24.7 Å². The molecule has 0 fully saturated rings. The lowest BCUT2D eigenvalue weighted by Gasteiger charge is -2.27. The molecule has 0 aliphatic rings. The molecule has 0 atom stereocenters. The summed E-state index contributed by atoms with van der Waals surface area (Å²) in [6, 6.07) is 8.01. The van der Waals surface area contributed by atoms with Gasteiger partial charge in [-0.25, -0.2) is 0 Å². The lowest BCUT2D eigenvalue weighted by atomic mass is 10.2. The van der Waals surface area contributed by atoms with Gasteiger partial charge in [0.25, 0.3) is 0 Å². The molecule has 1 nitrogen and oxygen atoms in total. The van der Waals surface area contributed by atoms with Crippen molar-refractivity contribution in [2.75, 3.05) is 6.61 Å². The summed E-state index contributed by atoms with van der Waals surface area (Å²) < 4.78 is 6.88. The number of hydrogen-bond acceptors (Lipinski definition) is 1. The van der Waals surface area contributed by atoms with Gasteiger partial charge in [-0.2, -0.15) is 0 Å². The first-order chi connectivity index (χ1) is 6.92. The predicted molar refractivity (Wildman–Crippen MR) is 71.2 cm³/mol. The molecule has 1 aromatic carbocycles. The second kappa shape index (κ2) is 5.17. The van der Waals surface area contributed by atoms with Gasteiger partial charge in [0.15, 0.2) is 0 Å². The van der Waals surface area contributed by atoms with E-state index in [2.05, 4.69) is 42.9 Å². The van der Waals surface area contributed by atoms with Gasteiger partial charge in [0, 0.05) is 4.47 Å². The minimum atomic E-state index is -0.323. The van der Waals surface area contributed by atoms with Gasteiger partial charge in [-0.3, -0.25) is 0 Å². The van der Waals surface area contributed by atoms with Crippen LogP contribution in [0.5, 0.6) is 5.75 Å². The van der Waals surface area contributed by atoms with E-state index < -0.39 is 0 Å². The molecule has 0 saturated carbocycles. The summed E-state index contributed by atoms with van der Waals surface area (Å²) in [5, 5.41) is 0.317. The van der Waals surface area contributed by atoms with Crippen molar-refractivity contribution in [2.45, 2.75) is 32.0 Å². The number of hydrogen-bond donors (Lipinski definition) is 0. The summed E-state index contributed by atoms with van der Waals surface area (Å²) >= 11 is 3.41. The third-order valence-corrected chi connectivity index (χ3v) is 6.15. The summed E-state index contributed by atoms with van der Waals surface area (Å²) in [6.07, 6.45) is 0. The zero-order chi connectivity index (χ0) is 11.5. The number of halogens is 1. The standard InChI is InChI=1S/C12H18BrOSi/c1-12(2,15(3)4)9-14-11-7-5-10(13)6-8-11/h5-8H,9H2,1-4H3. The predicted octanol–water partition coefficient (Wildman–Crippen LogP) is 4.36. The summed E-state index contributed by atoms with van der Waals surface area (Å²) in [7, 11) is -0.323. The van der Waals surface area contributed by atoms with Crippen LogP contribution in [0.15, 0.2) is 28.7 Å². The van der Waals surface area contributed by atoms with E-state index in [0.717, 1.165) is 16.8 Å². The van der Waals surface area contributed by atoms with Crippen molar-refractivity contribution in [2.24, 2.45) is 0 Å². The Hall–Kier alpha value is -0.283. The molecule has 0 N–H and O–H groups in total. The fourth-order valence-electron chi connectivity index (χ4n) is 0.939. The monoisotopic (exact) mass is 285 g/mol. The van der Waals surface area contributed by atoms with Gasteiger partial charge in [0.2, 0.25) is 0 Å². The van der Waals surface area contributed by atoms with Crippen molar-refractivity contribution in [1.82, 2.24) is 0 Å². The Balaban J connectivity index is 2.54. The third kappa shape index (κ3) is 3.99. The van der Waals surface area contributed by atoms with E-state index in [1.165, 1.54) is 0 Å². The minimum Gasteiger partial charge on any atom is -0.493 e. The summed E-state index contributed by atoms with van der Waals surface area (Å²) in [4.78, 5) is 0. The largest absolute Gasteiger partial charge is 0.493 e. The Morgan fingerprint density at radius 1 is 1.20 bits per heavy atom. The molecule has 3 heteroatoms. The van der Waals surface area contributed by atoms with E-state index in [1.54, 1.807) is 0 Å². The highest BCUT2D eigenvalue weighted by Crippen LogP contribution is 2.29. The maximum absolute atomic E-state index is 5.79. The molecule has 1 rings (SSSR count). The highest BCUT2D eigenvalue weighted by molar-refractivity contribution is 9.10. The van der Waals surface area contributed by atoms with E-state index in [4.69, 9.17) is 4.74 Å². The summed E-state index contributed by atoms with van der Waals surface area (Å²) in [5.41, 5.74) is 0. The van der Waals surface area contributed by atoms with Crippen molar-refractivity contribution in [3.63, 3.8) is 0 Å². The molecule has 83 valence electrons. The molecule has 0 heterocycles. The Morgan fingerprint density at radius 2 is 1.73 bits per heavy atom. The Morgan fingerprint density at radius 3 is 2.20 bits per heavy atom. The topological polar surface area (TPSA) is 9.23 Å². The molecule has 0 aliphatic heterocycles. The van der Waals surface area contributed by atoms with E-state index >= 15 is 0 Å². The smallest absolute Gasteiger partial charge is 0.119 e. The van der Waals surface area contributed by atoms with Crippen molar-refractivity contribution < 1.29 is 4.74 Å². The first kappa shape index (κ1) is 12.8. The first-order valence-electron chi connectivity index (χ1n) is 5.11. The average molecular weight is 286 g/mol. The van der Waals surface area contributed by atoms with Gasteiger partial charge >= 0.3 is 0 Å². The van der Waals surface area contributed by atoms with Crippen LogP contribution in [0.4, 0.5) is 0 Å². The zero-order valence-corrected chi connectivity index (χ0v) is 12.4. The lowest BCUT2D eigenvalue weighted by Crippen LogP contribution is -2.27. The molecule has 0 amide bonds. The van der Waals surface area contributed by atoms with Crippen LogP contribution in [0.2, 0.25) is 18.1 Å². The van der Waals surface area contributed by atoms with Crippen LogP contribution in [0.3, 0.4) is 0 Å². The zero-order valence-electron chi connectivity index (χ0n) is 9.80. The van der Waals surface area contributed by atoms with Crippen LogP contribution >= 0.6 is 15.9 Å². The Bertz CT molecular complexity index is 306. The van der Waals surface area contributed by atoms with Crippen LogP contribution in [0.1, 0.15) is 13.8 Å². The van der Waals surface area contributed by atoms with Crippen molar-refractivity contribution in [3.8, 4) is 5.75 Å². The lowest BCUT2D eigenvalue weighted by molar-refractivity contribution is 0.276.